The molecule has 1 fully saturated rings. The fraction of sp³-hybridized carbons (Fsp3) is 1.00. The van der Waals surface area contributed by atoms with Crippen LogP contribution in [0.25, 0.3) is 0 Å². The van der Waals surface area contributed by atoms with Crippen LogP contribution >= 0.6 is 0 Å². The zero-order chi connectivity index (χ0) is 13.6. The molecule has 1 N–H and O–H groups in total. The zero-order valence-corrected chi connectivity index (χ0v) is 13.3. The van der Waals surface area contributed by atoms with Crippen LogP contribution < -0.4 is 5.32 Å². The van der Waals surface area contributed by atoms with Crippen molar-refractivity contribution in [1.82, 2.24) is 10.2 Å². The lowest BCUT2D eigenvalue weighted by Crippen LogP contribution is -2.51. The van der Waals surface area contributed by atoms with E-state index in [0.717, 1.165) is 18.5 Å². The summed E-state index contributed by atoms with van der Waals surface area (Å²) in [6.45, 7) is 15.1. The van der Waals surface area contributed by atoms with Gasteiger partial charge in [-0.1, -0.05) is 33.6 Å². The van der Waals surface area contributed by atoms with Crippen LogP contribution in [0.2, 0.25) is 0 Å². The van der Waals surface area contributed by atoms with Gasteiger partial charge in [0.25, 0.3) is 0 Å². The summed E-state index contributed by atoms with van der Waals surface area (Å²) in [7, 11) is 0. The molecule has 0 radical (unpaired) electrons. The number of hydrogen-bond acceptors (Lipinski definition) is 2. The lowest BCUT2D eigenvalue weighted by Gasteiger charge is -2.37. The van der Waals surface area contributed by atoms with E-state index in [1.807, 2.05) is 0 Å². The fourth-order valence-electron chi connectivity index (χ4n) is 3.13. The third kappa shape index (κ3) is 5.71. The second kappa shape index (κ2) is 7.49. The molecule has 108 valence electrons. The molecule has 0 aliphatic heterocycles. The quantitative estimate of drug-likeness (QED) is 0.711. The van der Waals surface area contributed by atoms with Crippen molar-refractivity contribution in [2.75, 3.05) is 19.6 Å². The average molecular weight is 254 g/mol. The van der Waals surface area contributed by atoms with Crippen molar-refractivity contribution < 1.29 is 0 Å². The third-order valence-corrected chi connectivity index (χ3v) is 4.09. The summed E-state index contributed by atoms with van der Waals surface area (Å²) < 4.78 is 0. The molecule has 1 saturated carbocycles. The van der Waals surface area contributed by atoms with Crippen LogP contribution in [-0.2, 0) is 0 Å². The van der Waals surface area contributed by atoms with E-state index in [9.17, 15) is 0 Å². The van der Waals surface area contributed by atoms with Crippen LogP contribution in [0.15, 0.2) is 0 Å². The Bertz CT molecular complexity index is 217. The minimum absolute atomic E-state index is 0.244. The topological polar surface area (TPSA) is 15.3 Å². The van der Waals surface area contributed by atoms with Gasteiger partial charge in [0.2, 0.25) is 0 Å². The van der Waals surface area contributed by atoms with Crippen molar-refractivity contribution in [3.8, 4) is 0 Å². The van der Waals surface area contributed by atoms with Crippen molar-refractivity contribution in [2.24, 2.45) is 5.92 Å². The highest BCUT2D eigenvalue weighted by Gasteiger charge is 2.27. The lowest BCUT2D eigenvalue weighted by atomic mass is 10.0. The number of likely N-dealkylation sites (N-methyl/N-ethyl adjacent to an activating group) is 1. The van der Waals surface area contributed by atoms with Crippen LogP contribution in [0.1, 0.15) is 66.7 Å². The standard InChI is InChI=1S/C16H34N2/c1-6-17-16(4,5)13-18(12-11-14(2)3)15-9-7-8-10-15/h14-15,17H,6-13H2,1-5H3. The lowest BCUT2D eigenvalue weighted by molar-refractivity contribution is 0.142. The molecule has 1 aliphatic rings. The molecule has 0 atom stereocenters. The van der Waals surface area contributed by atoms with Gasteiger partial charge in [-0.3, -0.25) is 4.90 Å². The molecule has 18 heavy (non-hydrogen) atoms. The van der Waals surface area contributed by atoms with E-state index >= 15 is 0 Å². The Morgan fingerprint density at radius 3 is 2.33 bits per heavy atom. The van der Waals surface area contributed by atoms with Gasteiger partial charge in [-0.2, -0.15) is 0 Å². The summed E-state index contributed by atoms with van der Waals surface area (Å²) in [4.78, 5) is 2.76. The van der Waals surface area contributed by atoms with Crippen molar-refractivity contribution in [3.05, 3.63) is 0 Å². The van der Waals surface area contributed by atoms with E-state index in [4.69, 9.17) is 0 Å². The summed E-state index contributed by atoms with van der Waals surface area (Å²) in [6, 6.07) is 0.849. The molecule has 2 heteroatoms. The van der Waals surface area contributed by atoms with Crippen LogP contribution in [0.4, 0.5) is 0 Å². The second-order valence-corrected chi connectivity index (χ2v) is 7.01. The van der Waals surface area contributed by atoms with Gasteiger partial charge < -0.3 is 5.32 Å². The van der Waals surface area contributed by atoms with Crippen molar-refractivity contribution in [3.63, 3.8) is 0 Å². The molecule has 0 aromatic heterocycles. The molecule has 0 amide bonds. The van der Waals surface area contributed by atoms with Gasteiger partial charge in [-0.05, 0) is 52.1 Å². The predicted molar refractivity (Wildman–Crippen MR) is 81.0 cm³/mol. The molecule has 0 bridgehead atoms. The Morgan fingerprint density at radius 1 is 1.22 bits per heavy atom. The maximum Gasteiger partial charge on any atom is 0.0252 e. The Kier molecular flexibility index (Phi) is 6.65. The molecule has 0 unspecified atom stereocenters. The first-order valence-corrected chi connectivity index (χ1v) is 7.93. The van der Waals surface area contributed by atoms with Crippen molar-refractivity contribution >= 4 is 0 Å². The predicted octanol–water partition coefficient (Wildman–Crippen LogP) is 3.67. The maximum absolute atomic E-state index is 3.62. The van der Waals surface area contributed by atoms with Crippen LogP contribution in [0.3, 0.4) is 0 Å². The number of hydrogen-bond donors (Lipinski definition) is 1. The van der Waals surface area contributed by atoms with Crippen LogP contribution in [0, 0.1) is 5.92 Å². The maximum atomic E-state index is 3.62. The van der Waals surface area contributed by atoms with Crippen molar-refractivity contribution in [1.29, 1.82) is 0 Å². The first kappa shape index (κ1) is 16.0. The molecule has 0 saturated heterocycles. The molecule has 1 aliphatic carbocycles. The second-order valence-electron chi connectivity index (χ2n) is 7.01. The smallest absolute Gasteiger partial charge is 0.0252 e. The van der Waals surface area contributed by atoms with E-state index in [2.05, 4.69) is 44.8 Å². The molecule has 2 nitrogen and oxygen atoms in total. The highest BCUT2D eigenvalue weighted by Crippen LogP contribution is 2.25. The first-order chi connectivity index (χ1) is 8.44. The number of nitrogens with zero attached hydrogens (tertiary/aromatic N) is 1. The van der Waals surface area contributed by atoms with E-state index < -0.39 is 0 Å². The van der Waals surface area contributed by atoms with Crippen molar-refractivity contribution in [2.45, 2.75) is 78.3 Å². The normalized spacial score (nSPS) is 18.2. The highest BCUT2D eigenvalue weighted by molar-refractivity contribution is 4.86. The summed E-state index contributed by atoms with van der Waals surface area (Å²) in [5.41, 5.74) is 0.244. The molecule has 0 aromatic carbocycles. The van der Waals surface area contributed by atoms with Gasteiger partial charge >= 0.3 is 0 Å². The Hall–Kier alpha value is -0.0800. The number of nitrogens with one attached hydrogen (secondary N) is 1. The molecule has 1 rings (SSSR count). The van der Waals surface area contributed by atoms with E-state index in [1.54, 1.807) is 0 Å². The van der Waals surface area contributed by atoms with Gasteiger partial charge in [-0.15, -0.1) is 0 Å². The van der Waals surface area contributed by atoms with E-state index in [1.165, 1.54) is 45.2 Å². The Balaban J connectivity index is 2.52. The SMILES string of the molecule is CCNC(C)(C)CN(CCC(C)C)C1CCCC1. The Labute approximate surface area is 115 Å². The van der Waals surface area contributed by atoms with Gasteiger partial charge in [0.05, 0.1) is 0 Å². The monoisotopic (exact) mass is 254 g/mol. The molecular formula is C16H34N2. The van der Waals surface area contributed by atoms with Gasteiger partial charge in [0.15, 0.2) is 0 Å². The third-order valence-electron chi connectivity index (χ3n) is 4.09. The Morgan fingerprint density at radius 2 is 1.83 bits per heavy atom. The van der Waals surface area contributed by atoms with Gasteiger partial charge in [-0.25, -0.2) is 0 Å². The average Bonchev–Trinajstić information content (AvgIpc) is 2.77. The largest absolute Gasteiger partial charge is 0.311 e. The summed E-state index contributed by atoms with van der Waals surface area (Å²) in [5.74, 6) is 0.816. The molecule has 0 heterocycles. The summed E-state index contributed by atoms with van der Waals surface area (Å²) in [6.07, 6.45) is 7.04. The first-order valence-electron chi connectivity index (χ1n) is 7.93. The van der Waals surface area contributed by atoms with Crippen LogP contribution in [0.5, 0.6) is 0 Å². The number of rotatable bonds is 8. The molecule has 0 aromatic rings. The van der Waals surface area contributed by atoms with Gasteiger partial charge in [0, 0.05) is 18.1 Å². The van der Waals surface area contributed by atoms with E-state index in [0.29, 0.717) is 0 Å². The van der Waals surface area contributed by atoms with Gasteiger partial charge in [0.1, 0.15) is 0 Å². The minimum Gasteiger partial charge on any atom is -0.311 e. The molecule has 0 spiro atoms. The fourth-order valence-corrected chi connectivity index (χ4v) is 3.13. The highest BCUT2D eigenvalue weighted by atomic mass is 15.2. The van der Waals surface area contributed by atoms with E-state index in [-0.39, 0.29) is 5.54 Å². The minimum atomic E-state index is 0.244. The zero-order valence-electron chi connectivity index (χ0n) is 13.3. The summed E-state index contributed by atoms with van der Waals surface area (Å²) in [5, 5.41) is 3.62. The molecular weight excluding hydrogens is 220 g/mol. The van der Waals surface area contributed by atoms with Crippen LogP contribution in [-0.4, -0.2) is 36.1 Å². The summed E-state index contributed by atoms with van der Waals surface area (Å²) >= 11 is 0.